The predicted molar refractivity (Wildman–Crippen MR) is 94.5 cm³/mol. The van der Waals surface area contributed by atoms with Crippen molar-refractivity contribution in [3.05, 3.63) is 11.4 Å². The van der Waals surface area contributed by atoms with E-state index in [0.717, 1.165) is 39.1 Å². The van der Waals surface area contributed by atoms with Crippen LogP contribution in [0.4, 0.5) is 0 Å². The number of hydrogen-bond acceptors (Lipinski definition) is 6. The van der Waals surface area contributed by atoms with Crippen molar-refractivity contribution in [1.82, 2.24) is 14.9 Å². The molecular formula is C12H23Cl2N3O3S2. The van der Waals surface area contributed by atoms with Crippen molar-refractivity contribution in [2.45, 2.75) is 10.6 Å². The van der Waals surface area contributed by atoms with Gasteiger partial charge in [-0.2, -0.15) is 0 Å². The van der Waals surface area contributed by atoms with E-state index in [2.05, 4.69) is 14.9 Å². The van der Waals surface area contributed by atoms with Crippen molar-refractivity contribution >= 4 is 46.2 Å². The summed E-state index contributed by atoms with van der Waals surface area (Å²) in [5.41, 5.74) is 0. The number of rotatable bonds is 7. The molecule has 2 heterocycles. The highest BCUT2D eigenvalue weighted by molar-refractivity contribution is 7.91. The third kappa shape index (κ3) is 6.19. The molecule has 130 valence electrons. The SMILES string of the molecule is COc1ccsc1S(=O)(=O)NCCCN1CCNCC1.Cl.Cl. The molecule has 2 rings (SSSR count). The zero-order valence-electron chi connectivity index (χ0n) is 12.4. The molecule has 0 spiro atoms. The molecule has 0 radical (unpaired) electrons. The third-order valence-corrected chi connectivity index (χ3v) is 6.12. The molecule has 22 heavy (non-hydrogen) atoms. The van der Waals surface area contributed by atoms with Crippen molar-refractivity contribution < 1.29 is 13.2 Å². The van der Waals surface area contributed by atoms with Crippen molar-refractivity contribution in [2.75, 3.05) is 46.4 Å². The van der Waals surface area contributed by atoms with Crippen molar-refractivity contribution in [1.29, 1.82) is 0 Å². The predicted octanol–water partition coefficient (Wildman–Crippen LogP) is 1.17. The van der Waals surface area contributed by atoms with Crippen LogP contribution in [0.5, 0.6) is 5.75 Å². The van der Waals surface area contributed by atoms with Crippen LogP contribution >= 0.6 is 36.2 Å². The fourth-order valence-corrected chi connectivity index (χ4v) is 4.53. The Morgan fingerprint density at radius 1 is 1.36 bits per heavy atom. The standard InChI is InChI=1S/C12H21N3O3S2.2ClH/c1-18-11-3-10-19-12(11)20(16,17)14-4-2-7-15-8-5-13-6-9-15;;/h3,10,13-14H,2,4-9H2,1H3;2*1H. The minimum Gasteiger partial charge on any atom is -0.494 e. The van der Waals surface area contributed by atoms with Crippen molar-refractivity contribution in [3.8, 4) is 5.75 Å². The molecule has 1 aliphatic heterocycles. The van der Waals surface area contributed by atoms with Crippen LogP contribution in [0.3, 0.4) is 0 Å². The Labute approximate surface area is 148 Å². The van der Waals surface area contributed by atoms with Gasteiger partial charge in [-0.05, 0) is 24.4 Å². The quantitative estimate of drug-likeness (QED) is 0.682. The summed E-state index contributed by atoms with van der Waals surface area (Å²) < 4.78 is 32.2. The van der Waals surface area contributed by atoms with Crippen LogP contribution in [0, 0.1) is 0 Å². The van der Waals surface area contributed by atoms with Gasteiger partial charge in [0.05, 0.1) is 7.11 Å². The number of ether oxygens (including phenoxy) is 1. The second-order valence-electron chi connectivity index (χ2n) is 4.62. The Hall–Kier alpha value is -0.0900. The molecule has 10 heteroatoms. The maximum absolute atomic E-state index is 12.1. The first-order valence-electron chi connectivity index (χ1n) is 6.68. The van der Waals surface area contributed by atoms with Crippen LogP contribution in [-0.4, -0.2) is 59.7 Å². The summed E-state index contributed by atoms with van der Waals surface area (Å²) in [6, 6.07) is 1.67. The van der Waals surface area contributed by atoms with Crippen LogP contribution in [0.1, 0.15) is 6.42 Å². The highest BCUT2D eigenvalue weighted by atomic mass is 35.5. The lowest BCUT2D eigenvalue weighted by Gasteiger charge is -2.27. The van der Waals surface area contributed by atoms with E-state index < -0.39 is 10.0 Å². The fraction of sp³-hybridized carbons (Fsp3) is 0.667. The number of halogens is 2. The monoisotopic (exact) mass is 391 g/mol. The lowest BCUT2D eigenvalue weighted by Crippen LogP contribution is -2.44. The van der Waals surface area contributed by atoms with Gasteiger partial charge < -0.3 is 15.0 Å². The largest absolute Gasteiger partial charge is 0.494 e. The lowest BCUT2D eigenvalue weighted by molar-refractivity contribution is 0.239. The molecule has 0 aliphatic carbocycles. The molecule has 0 aromatic carbocycles. The summed E-state index contributed by atoms with van der Waals surface area (Å²) in [6.07, 6.45) is 0.812. The molecule has 6 nitrogen and oxygen atoms in total. The van der Waals surface area contributed by atoms with Gasteiger partial charge >= 0.3 is 0 Å². The van der Waals surface area contributed by atoms with Crippen LogP contribution in [-0.2, 0) is 10.0 Å². The van der Waals surface area contributed by atoms with Crippen molar-refractivity contribution in [2.24, 2.45) is 0 Å². The average molecular weight is 392 g/mol. The first kappa shape index (κ1) is 21.9. The van der Waals surface area contributed by atoms with Gasteiger partial charge in [0.2, 0.25) is 0 Å². The van der Waals surface area contributed by atoms with Gasteiger partial charge in [0.15, 0.2) is 4.21 Å². The minimum atomic E-state index is -3.45. The highest BCUT2D eigenvalue weighted by Gasteiger charge is 2.20. The summed E-state index contributed by atoms with van der Waals surface area (Å²) in [5, 5.41) is 5.01. The van der Waals surface area contributed by atoms with E-state index in [4.69, 9.17) is 4.74 Å². The van der Waals surface area contributed by atoms with Gasteiger partial charge in [0, 0.05) is 32.7 Å². The summed E-state index contributed by atoms with van der Waals surface area (Å²) >= 11 is 1.17. The molecule has 0 unspecified atom stereocenters. The Bertz CT molecular complexity index is 519. The van der Waals surface area contributed by atoms with E-state index in [1.165, 1.54) is 18.4 Å². The van der Waals surface area contributed by atoms with Gasteiger partial charge in [-0.3, -0.25) is 0 Å². The number of hydrogen-bond donors (Lipinski definition) is 2. The number of sulfonamides is 1. The van der Waals surface area contributed by atoms with E-state index in [1.807, 2.05) is 0 Å². The fourth-order valence-electron chi connectivity index (χ4n) is 2.14. The topological polar surface area (TPSA) is 70.7 Å². The third-order valence-electron chi connectivity index (χ3n) is 3.21. The molecule has 1 saturated heterocycles. The molecular weight excluding hydrogens is 369 g/mol. The average Bonchev–Trinajstić information content (AvgIpc) is 2.94. The maximum atomic E-state index is 12.1. The van der Waals surface area contributed by atoms with Gasteiger partial charge in [-0.25, -0.2) is 13.1 Å². The molecule has 1 aromatic heterocycles. The van der Waals surface area contributed by atoms with E-state index in [-0.39, 0.29) is 29.0 Å². The van der Waals surface area contributed by atoms with Gasteiger partial charge in [-0.1, -0.05) is 0 Å². The summed E-state index contributed by atoms with van der Waals surface area (Å²) in [6.45, 7) is 5.46. The zero-order chi connectivity index (χ0) is 14.4. The second-order valence-corrected chi connectivity index (χ2v) is 7.50. The maximum Gasteiger partial charge on any atom is 0.253 e. The first-order chi connectivity index (χ1) is 9.63. The molecule has 1 fully saturated rings. The van der Waals surface area contributed by atoms with Crippen LogP contribution in [0.15, 0.2) is 15.7 Å². The smallest absolute Gasteiger partial charge is 0.253 e. The Morgan fingerprint density at radius 2 is 2.05 bits per heavy atom. The van der Waals surface area contributed by atoms with Crippen LogP contribution in [0.25, 0.3) is 0 Å². The zero-order valence-corrected chi connectivity index (χ0v) is 15.7. The van der Waals surface area contributed by atoms with Gasteiger partial charge in [-0.15, -0.1) is 36.2 Å². The van der Waals surface area contributed by atoms with E-state index in [0.29, 0.717) is 12.3 Å². The van der Waals surface area contributed by atoms with Crippen molar-refractivity contribution in [3.63, 3.8) is 0 Å². The number of nitrogens with one attached hydrogen (secondary N) is 2. The molecule has 2 N–H and O–H groups in total. The van der Waals surface area contributed by atoms with Gasteiger partial charge in [0.25, 0.3) is 10.0 Å². The molecule has 0 saturated carbocycles. The normalized spacial score (nSPS) is 15.7. The van der Waals surface area contributed by atoms with Crippen LogP contribution < -0.4 is 14.8 Å². The number of piperazine rings is 1. The Balaban J connectivity index is 0.00000220. The Kier molecular flexibility index (Phi) is 10.6. The number of thiophene rings is 1. The van der Waals surface area contributed by atoms with E-state index >= 15 is 0 Å². The first-order valence-corrected chi connectivity index (χ1v) is 9.04. The molecule has 0 atom stereocenters. The summed E-state index contributed by atoms with van der Waals surface area (Å²) in [7, 11) is -1.97. The highest BCUT2D eigenvalue weighted by Crippen LogP contribution is 2.28. The molecule has 0 amide bonds. The van der Waals surface area contributed by atoms with E-state index in [9.17, 15) is 8.42 Å². The molecule has 1 aliphatic rings. The van der Waals surface area contributed by atoms with E-state index in [1.54, 1.807) is 11.4 Å². The van der Waals surface area contributed by atoms with Crippen LogP contribution in [0.2, 0.25) is 0 Å². The number of nitrogens with zero attached hydrogens (tertiary/aromatic N) is 1. The summed E-state index contributed by atoms with van der Waals surface area (Å²) in [4.78, 5) is 2.34. The minimum absolute atomic E-state index is 0. The lowest BCUT2D eigenvalue weighted by atomic mass is 10.3. The Morgan fingerprint density at radius 3 is 2.68 bits per heavy atom. The summed E-state index contributed by atoms with van der Waals surface area (Å²) in [5.74, 6) is 0.407. The second kappa shape index (κ2) is 10.6. The van der Waals surface area contributed by atoms with Gasteiger partial charge in [0.1, 0.15) is 5.75 Å². The molecule has 0 bridgehead atoms. The molecule has 1 aromatic rings. The number of methoxy groups -OCH3 is 1.